The van der Waals surface area contributed by atoms with E-state index in [2.05, 4.69) is 257 Å². The van der Waals surface area contributed by atoms with Crippen LogP contribution in [-0.2, 0) is 4.66 Å². The van der Waals surface area contributed by atoms with Crippen LogP contribution in [0.25, 0.3) is 47.6 Å². The molecule has 0 atom stereocenters. The van der Waals surface area contributed by atoms with E-state index in [0.717, 1.165) is 11.4 Å². The maximum absolute atomic E-state index is 2.60. The predicted octanol–water partition coefficient (Wildman–Crippen LogP) is 15.7. The van der Waals surface area contributed by atoms with Gasteiger partial charge in [0.25, 0.3) is 0 Å². The molecule has 1 aliphatic carbocycles. The van der Waals surface area contributed by atoms with Gasteiger partial charge < -0.3 is 4.90 Å². The molecule has 0 amide bonds. The van der Waals surface area contributed by atoms with E-state index in [1.54, 1.807) is 0 Å². The van der Waals surface area contributed by atoms with Crippen LogP contribution in [0.2, 0.25) is 39.3 Å². The summed E-state index contributed by atoms with van der Waals surface area (Å²) in [7, 11) is -3.85. The minimum Gasteiger partial charge on any atom is -0.310 e. The first-order valence-electron chi connectivity index (χ1n) is 20.5. The average molecular weight is 784 g/mol. The molecule has 1 nitrogen and oxygen atoms in total. The summed E-state index contributed by atoms with van der Waals surface area (Å²) < 4.78 is 0.00112. The van der Waals surface area contributed by atoms with Gasteiger partial charge in [-0.05, 0) is 92.0 Å². The van der Waals surface area contributed by atoms with Gasteiger partial charge in [-0.25, -0.2) is 0 Å². The monoisotopic (exact) mass is 783 g/mol. The Kier molecular flexibility index (Phi) is 10.8. The van der Waals surface area contributed by atoms with Crippen LogP contribution >= 0.6 is 0 Å². The average Bonchev–Trinajstić information content (AvgIpc) is 3.54. The molecule has 7 aromatic carbocycles. The fraction of sp³-hybridized carbons (Fsp3) is 0.127. The molecule has 0 unspecified atom stereocenters. The van der Waals surface area contributed by atoms with Crippen LogP contribution in [0, 0.1) is 0 Å². The Balaban J connectivity index is 1.24. The second kappa shape index (κ2) is 16.1. The largest absolute Gasteiger partial charge is 0.310 e. The third-order valence-corrected chi connectivity index (χ3v) is 21.8. The zero-order chi connectivity index (χ0) is 40.3. The van der Waals surface area contributed by atoms with Crippen molar-refractivity contribution in [2.75, 3.05) is 4.90 Å². The molecule has 0 aliphatic heterocycles. The molecule has 0 heterocycles. The Morgan fingerprint density at radius 1 is 0.328 bits per heavy atom. The molecule has 0 spiro atoms. The lowest BCUT2D eigenvalue weighted by molar-refractivity contribution is 0.951. The molecule has 0 N–H and O–H groups in total. The molecule has 0 saturated heterocycles. The first-order valence-corrected chi connectivity index (χ1v) is 27.5. The third-order valence-electron chi connectivity index (χ3n) is 11.8. The van der Waals surface area contributed by atoms with Crippen molar-refractivity contribution in [2.24, 2.45) is 0 Å². The zero-order valence-corrected chi connectivity index (χ0v) is 36.7. The van der Waals surface area contributed by atoms with Crippen molar-refractivity contribution >= 4 is 69.7 Å². The van der Waals surface area contributed by atoms with Crippen molar-refractivity contribution in [3.63, 3.8) is 0 Å². The molecule has 8 rings (SSSR count). The molecule has 286 valence electrons. The minimum atomic E-state index is -1.92. The SMILES string of the molecule is C[Si](C)(C)C1([Si](C)(C)C)c2cc(C=Cc3ccccc3)ccc2-c2ccc(N(c3ccc(C=Cc4ccccc4)cc3)c3ccc(C=Cc4ccccc4)cc3)cc21. The van der Waals surface area contributed by atoms with E-state index in [0.29, 0.717) is 0 Å². The number of hydrogen-bond donors (Lipinski definition) is 0. The van der Waals surface area contributed by atoms with Gasteiger partial charge in [-0.2, -0.15) is 0 Å². The van der Waals surface area contributed by atoms with E-state index >= 15 is 0 Å². The summed E-state index contributed by atoms with van der Waals surface area (Å²) in [5.41, 5.74) is 16.5. The highest BCUT2D eigenvalue weighted by Crippen LogP contribution is 2.59. The van der Waals surface area contributed by atoms with Crippen LogP contribution in [-0.4, -0.2) is 16.1 Å². The third kappa shape index (κ3) is 7.68. The van der Waals surface area contributed by atoms with Gasteiger partial charge >= 0.3 is 0 Å². The maximum Gasteiger partial charge on any atom is 0.0579 e. The Hall–Kier alpha value is -6.01. The fourth-order valence-corrected chi connectivity index (χ4v) is 22.6. The summed E-state index contributed by atoms with van der Waals surface area (Å²) in [5, 5.41) is 0. The van der Waals surface area contributed by atoms with Crippen molar-refractivity contribution < 1.29 is 0 Å². The standard InChI is InChI=1S/C55H53NSi2/c1-57(2,3)55(58(4,5)6)53-40-47(27-26-44-20-14-9-15-21-44)32-38-51(53)52-39-37-50(41-54(52)55)56(48-33-28-45(29-34-48)24-22-42-16-10-7-11-17-42)49-35-30-46(31-36-49)25-23-43-18-12-8-13-19-43/h7-41H,1-6H3. The molecule has 0 radical (unpaired) electrons. The van der Waals surface area contributed by atoms with Crippen molar-refractivity contribution in [3.8, 4) is 11.1 Å². The predicted molar refractivity (Wildman–Crippen MR) is 260 cm³/mol. The lowest BCUT2D eigenvalue weighted by Crippen LogP contribution is -2.63. The molecule has 58 heavy (non-hydrogen) atoms. The van der Waals surface area contributed by atoms with Crippen LogP contribution in [0.1, 0.15) is 44.5 Å². The quantitative estimate of drug-likeness (QED) is 0.0933. The second-order valence-electron chi connectivity index (χ2n) is 17.5. The number of fused-ring (bicyclic) bond motifs is 3. The highest BCUT2D eigenvalue weighted by atomic mass is 28.4. The molecule has 0 bridgehead atoms. The van der Waals surface area contributed by atoms with Crippen LogP contribution in [0.3, 0.4) is 0 Å². The first-order chi connectivity index (χ1) is 28.0. The smallest absolute Gasteiger partial charge is 0.0579 e. The molecule has 7 aromatic rings. The number of anilines is 3. The summed E-state index contributed by atoms with van der Waals surface area (Å²) in [4.78, 5) is 2.45. The Labute approximate surface area is 348 Å². The molecule has 3 heteroatoms. The van der Waals surface area contributed by atoms with Gasteiger partial charge in [-0.15, -0.1) is 0 Å². The van der Waals surface area contributed by atoms with E-state index in [1.165, 1.54) is 61.3 Å². The lowest BCUT2D eigenvalue weighted by Gasteiger charge is -2.51. The Morgan fingerprint density at radius 3 is 1.03 bits per heavy atom. The molecular formula is C55H53NSi2. The first kappa shape index (κ1) is 38.8. The molecule has 0 saturated carbocycles. The van der Waals surface area contributed by atoms with Gasteiger partial charge in [0.15, 0.2) is 0 Å². The van der Waals surface area contributed by atoms with E-state index in [1.807, 2.05) is 0 Å². The van der Waals surface area contributed by atoms with Gasteiger partial charge in [0.2, 0.25) is 0 Å². The number of benzene rings is 7. The van der Waals surface area contributed by atoms with E-state index in [4.69, 9.17) is 0 Å². The van der Waals surface area contributed by atoms with Crippen molar-refractivity contribution in [3.05, 3.63) is 220 Å². The lowest BCUT2D eigenvalue weighted by atomic mass is 10.0. The topological polar surface area (TPSA) is 3.24 Å². The number of hydrogen-bond acceptors (Lipinski definition) is 1. The maximum atomic E-state index is 2.60. The molecular weight excluding hydrogens is 731 g/mol. The van der Waals surface area contributed by atoms with Gasteiger partial charge in [0.1, 0.15) is 0 Å². The van der Waals surface area contributed by atoms with Gasteiger partial charge in [-0.1, -0.05) is 215 Å². The Bertz CT molecular complexity index is 2480. The number of nitrogens with zero attached hydrogens (tertiary/aromatic N) is 1. The normalized spacial score (nSPS) is 13.6. The van der Waals surface area contributed by atoms with Gasteiger partial charge in [0.05, 0.1) is 16.1 Å². The van der Waals surface area contributed by atoms with E-state index in [9.17, 15) is 0 Å². The molecule has 0 aromatic heterocycles. The van der Waals surface area contributed by atoms with Gasteiger partial charge in [-0.3, -0.25) is 0 Å². The highest BCUT2D eigenvalue weighted by molar-refractivity contribution is 6.99. The van der Waals surface area contributed by atoms with Crippen LogP contribution in [0.4, 0.5) is 17.1 Å². The Morgan fingerprint density at radius 2 is 0.638 bits per heavy atom. The summed E-state index contributed by atoms with van der Waals surface area (Å²) in [6.45, 7) is 15.6. The summed E-state index contributed by atoms with van der Waals surface area (Å²) in [6.07, 6.45) is 13.3. The number of rotatable bonds is 11. The summed E-state index contributed by atoms with van der Waals surface area (Å²) in [6, 6.07) is 64.3. The zero-order valence-electron chi connectivity index (χ0n) is 34.7. The van der Waals surface area contributed by atoms with Crippen LogP contribution in [0.5, 0.6) is 0 Å². The van der Waals surface area contributed by atoms with Crippen molar-refractivity contribution in [1.82, 2.24) is 0 Å². The summed E-state index contributed by atoms with van der Waals surface area (Å²) >= 11 is 0. The second-order valence-corrected chi connectivity index (χ2v) is 28.5. The summed E-state index contributed by atoms with van der Waals surface area (Å²) in [5.74, 6) is 0. The van der Waals surface area contributed by atoms with E-state index < -0.39 is 16.1 Å². The van der Waals surface area contributed by atoms with E-state index in [-0.39, 0.29) is 4.66 Å². The van der Waals surface area contributed by atoms with Crippen molar-refractivity contribution in [1.29, 1.82) is 0 Å². The highest BCUT2D eigenvalue weighted by Gasteiger charge is 2.59. The van der Waals surface area contributed by atoms with Gasteiger partial charge in [0, 0.05) is 21.7 Å². The molecule has 0 fully saturated rings. The minimum absolute atomic E-state index is 0.00112. The van der Waals surface area contributed by atoms with Crippen LogP contribution in [0.15, 0.2) is 176 Å². The van der Waals surface area contributed by atoms with Crippen molar-refractivity contribution in [2.45, 2.75) is 43.9 Å². The fourth-order valence-electron chi connectivity index (χ4n) is 9.50. The van der Waals surface area contributed by atoms with Crippen LogP contribution < -0.4 is 4.90 Å². The molecule has 1 aliphatic rings.